The largest absolute Gasteiger partial charge is 0.481 e. The average Bonchev–Trinajstić information content (AvgIpc) is 1.78. The molecule has 0 radical (unpaired) electrons. The van der Waals surface area contributed by atoms with Crippen molar-refractivity contribution in [3.8, 4) is 0 Å². The second-order valence-electron chi connectivity index (χ2n) is 32.8. The highest BCUT2D eigenvalue weighted by Crippen LogP contribution is 2.20. The van der Waals surface area contributed by atoms with E-state index in [-0.39, 0.29) is 13.2 Å². The van der Waals surface area contributed by atoms with Crippen molar-refractivity contribution in [2.75, 3.05) is 13.2 Å². The van der Waals surface area contributed by atoms with Crippen LogP contribution in [0.1, 0.15) is 581 Å². The Morgan fingerprint density at radius 3 is 0.241 bits per heavy atom. The van der Waals surface area contributed by atoms with Crippen molar-refractivity contribution in [3.05, 3.63) is 0 Å². The van der Waals surface area contributed by atoms with Crippen molar-refractivity contribution in [1.82, 2.24) is 0 Å². The van der Waals surface area contributed by atoms with Crippen molar-refractivity contribution in [1.29, 1.82) is 0 Å². The molecule has 0 unspecified atom stereocenters. The highest BCUT2D eigenvalue weighted by Gasteiger charge is 2.04. The summed E-state index contributed by atoms with van der Waals surface area (Å²) in [4.78, 5) is 61.8. The topological polar surface area (TPSA) is 264 Å². The lowest BCUT2D eigenvalue weighted by molar-refractivity contribution is -0.138. The van der Waals surface area contributed by atoms with Crippen LogP contribution < -0.4 is 0 Å². The highest BCUT2D eigenvalue weighted by atomic mass is 16.4. The third kappa shape index (κ3) is 155. The number of carboxylic acid groups (broad SMARTS) is 6. The van der Waals surface area contributed by atoms with Gasteiger partial charge in [-0.1, -0.05) is 504 Å². The first-order valence-corrected chi connectivity index (χ1v) is 49.1. The molecule has 0 aromatic carbocycles. The number of unbranched alkanes of at least 4 members (excludes halogenated alkanes) is 72. The Morgan fingerprint density at radius 1 is 0.125 bits per heavy atom. The lowest BCUT2D eigenvalue weighted by Crippen LogP contribution is -1.93. The fraction of sp³-hybridized carbons (Fsp3) is 0.939. The lowest BCUT2D eigenvalue weighted by atomic mass is 10.0. The summed E-state index contributed by atoms with van der Waals surface area (Å²) in [6, 6.07) is 0. The average molecular weight is 1600 g/mol. The van der Waals surface area contributed by atoms with E-state index in [0.29, 0.717) is 38.5 Å². The van der Waals surface area contributed by atoms with E-state index >= 15 is 0 Å². The highest BCUT2D eigenvalue weighted by molar-refractivity contribution is 5.68. The molecule has 0 atom stereocenters. The number of aliphatic hydroxyl groups is 2. The van der Waals surface area contributed by atoms with Gasteiger partial charge in [0.15, 0.2) is 0 Å². The van der Waals surface area contributed by atoms with Gasteiger partial charge in [0.1, 0.15) is 0 Å². The van der Waals surface area contributed by atoms with Crippen LogP contribution in [0.5, 0.6) is 0 Å². The quantitative estimate of drug-likeness (QED) is 0.0263. The summed E-state index contributed by atoms with van der Waals surface area (Å²) in [5.41, 5.74) is 0. The molecule has 0 fully saturated rings. The van der Waals surface area contributed by atoms with Crippen LogP contribution in [0.2, 0.25) is 0 Å². The zero-order valence-corrected chi connectivity index (χ0v) is 75.8. The van der Waals surface area contributed by atoms with Crippen LogP contribution in [0.3, 0.4) is 0 Å². The fourth-order valence-electron chi connectivity index (χ4n) is 13.8. The molecular formula is C98H198O14. The van der Waals surface area contributed by atoms with Gasteiger partial charge in [0.2, 0.25) is 0 Å². The predicted molar refractivity (Wildman–Crippen MR) is 482 cm³/mol. The molecule has 0 saturated heterocycles. The van der Waals surface area contributed by atoms with Gasteiger partial charge in [-0.25, -0.2) is 0 Å². The molecule has 0 aliphatic heterocycles. The molecule has 0 aromatic rings. The molecule has 0 spiro atoms. The number of carbonyl (C=O) groups is 6. The molecule has 0 saturated carbocycles. The molecule has 0 bridgehead atoms. The Kier molecular flexibility index (Phi) is 132. The molecule has 14 heteroatoms. The first-order valence-electron chi connectivity index (χ1n) is 49.1. The Labute approximate surface area is 695 Å². The molecular weight excluding hydrogens is 1400 g/mol. The Morgan fingerprint density at radius 2 is 0.188 bits per heavy atom. The van der Waals surface area contributed by atoms with E-state index in [0.717, 1.165) is 77.0 Å². The van der Waals surface area contributed by atoms with Crippen LogP contribution >= 0.6 is 0 Å². The fourth-order valence-corrected chi connectivity index (χ4v) is 13.8. The van der Waals surface area contributed by atoms with Crippen molar-refractivity contribution in [3.63, 3.8) is 0 Å². The second kappa shape index (κ2) is 121. The zero-order valence-electron chi connectivity index (χ0n) is 75.8. The number of hydrogen-bond acceptors (Lipinski definition) is 8. The van der Waals surface area contributed by atoms with Crippen LogP contribution in [-0.2, 0) is 28.8 Å². The van der Waals surface area contributed by atoms with E-state index < -0.39 is 35.8 Å². The number of aliphatic hydroxyl groups excluding tert-OH is 2. The van der Waals surface area contributed by atoms with E-state index in [1.165, 1.54) is 424 Å². The van der Waals surface area contributed by atoms with Gasteiger partial charge < -0.3 is 40.9 Å². The summed E-state index contributed by atoms with van der Waals surface area (Å²) >= 11 is 0. The van der Waals surface area contributed by atoms with Crippen molar-refractivity contribution in [2.24, 2.45) is 0 Å². The SMILES string of the molecule is CCCCCCCCCCCCCCCC(=O)O.CCCCCCCCCCCCCCCC(=O)O.CCCCCCCCCCCCCCCC(=O)O.CCCCCCCCCCCCCCCC(=O)O.CCCCCCCCCCCCCCCC(=O)O.CCCCCCCCCCCCCCCC(=O)O.OCCO. The second-order valence-corrected chi connectivity index (χ2v) is 32.8. The molecule has 674 valence electrons. The maximum atomic E-state index is 10.3. The number of rotatable bonds is 85. The number of hydrogen-bond donors (Lipinski definition) is 8. The maximum absolute atomic E-state index is 10.3. The first-order chi connectivity index (χ1) is 54.5. The summed E-state index contributed by atoms with van der Waals surface area (Å²) in [6.07, 6.45) is 104. The normalized spacial score (nSPS) is 10.6. The van der Waals surface area contributed by atoms with Gasteiger partial charge in [0.05, 0.1) is 13.2 Å². The van der Waals surface area contributed by atoms with Gasteiger partial charge in [-0.3, -0.25) is 28.8 Å². The van der Waals surface area contributed by atoms with Gasteiger partial charge in [-0.15, -0.1) is 0 Å². The molecule has 8 N–H and O–H groups in total. The first kappa shape index (κ1) is 122. The summed E-state index contributed by atoms with van der Waals surface area (Å²) in [6.45, 7) is 13.3. The molecule has 112 heavy (non-hydrogen) atoms. The lowest BCUT2D eigenvalue weighted by Gasteiger charge is -2.02. The molecule has 0 heterocycles. The third-order valence-electron chi connectivity index (χ3n) is 21.1. The van der Waals surface area contributed by atoms with Gasteiger partial charge in [-0.2, -0.15) is 0 Å². The van der Waals surface area contributed by atoms with Crippen LogP contribution in [0.25, 0.3) is 0 Å². The summed E-state index contributed by atoms with van der Waals surface area (Å²) in [5, 5.41) is 66.2. The molecule has 0 aromatic heterocycles. The molecule has 0 aliphatic rings. The monoisotopic (exact) mass is 1600 g/mol. The zero-order chi connectivity index (χ0) is 84.3. The van der Waals surface area contributed by atoms with Gasteiger partial charge in [0, 0.05) is 38.5 Å². The van der Waals surface area contributed by atoms with Gasteiger partial charge in [-0.05, 0) is 38.5 Å². The Balaban J connectivity index is -0.000000234. The maximum Gasteiger partial charge on any atom is 0.303 e. The molecule has 0 rings (SSSR count). The minimum absolute atomic E-state index is 0.125. The van der Waals surface area contributed by atoms with E-state index in [1.54, 1.807) is 0 Å². The summed E-state index contributed by atoms with van der Waals surface area (Å²) < 4.78 is 0. The Bertz CT molecular complexity index is 1420. The van der Waals surface area contributed by atoms with E-state index in [4.69, 9.17) is 40.9 Å². The summed E-state index contributed by atoms with van der Waals surface area (Å²) in [7, 11) is 0. The Hall–Kier alpha value is -3.26. The van der Waals surface area contributed by atoms with Crippen molar-refractivity contribution >= 4 is 35.8 Å². The van der Waals surface area contributed by atoms with Crippen LogP contribution in [-0.4, -0.2) is 89.9 Å². The van der Waals surface area contributed by atoms with Gasteiger partial charge >= 0.3 is 35.8 Å². The van der Waals surface area contributed by atoms with Gasteiger partial charge in [0.25, 0.3) is 0 Å². The van der Waals surface area contributed by atoms with E-state index in [1.807, 2.05) is 0 Å². The number of aliphatic carboxylic acids is 6. The van der Waals surface area contributed by atoms with Crippen LogP contribution in [0, 0.1) is 0 Å². The van der Waals surface area contributed by atoms with Crippen molar-refractivity contribution in [2.45, 2.75) is 581 Å². The molecule has 0 amide bonds. The van der Waals surface area contributed by atoms with E-state index in [9.17, 15) is 28.8 Å². The molecule has 14 nitrogen and oxygen atoms in total. The minimum Gasteiger partial charge on any atom is -0.481 e. The summed E-state index contributed by atoms with van der Waals surface area (Å²) in [5.74, 6) is -3.93. The van der Waals surface area contributed by atoms with Crippen LogP contribution in [0.15, 0.2) is 0 Å². The smallest absolute Gasteiger partial charge is 0.303 e. The standard InChI is InChI=1S/6C16H32O2.C2H6O2/c6*1-2-3-4-5-6-7-8-9-10-11-12-13-14-15-16(17)18;3-1-2-4/h6*2-15H2,1H3,(H,17,18);3-4H,1-2H2. The third-order valence-corrected chi connectivity index (χ3v) is 21.1. The molecule has 0 aliphatic carbocycles. The predicted octanol–water partition coefficient (Wildman–Crippen LogP) is 32.3. The van der Waals surface area contributed by atoms with Crippen LogP contribution in [0.4, 0.5) is 0 Å². The van der Waals surface area contributed by atoms with Crippen molar-refractivity contribution < 1.29 is 69.6 Å². The minimum atomic E-state index is -0.655. The van der Waals surface area contributed by atoms with E-state index in [2.05, 4.69) is 41.5 Å². The number of carboxylic acids is 6.